The molecule has 0 fully saturated rings. The summed E-state index contributed by atoms with van der Waals surface area (Å²) in [5, 5.41) is 10.8. The summed E-state index contributed by atoms with van der Waals surface area (Å²) < 4.78 is 1.51. The average Bonchev–Trinajstić information content (AvgIpc) is 2.78. The van der Waals surface area contributed by atoms with Crippen LogP contribution in [0.15, 0.2) is 42.5 Å². The van der Waals surface area contributed by atoms with Gasteiger partial charge in [-0.15, -0.1) is 0 Å². The predicted octanol–water partition coefficient (Wildman–Crippen LogP) is 3.03. The van der Waals surface area contributed by atoms with Gasteiger partial charge in [0.15, 0.2) is 0 Å². The van der Waals surface area contributed by atoms with E-state index in [0.29, 0.717) is 32.7 Å². The lowest BCUT2D eigenvalue weighted by Gasteiger charge is -2.08. The van der Waals surface area contributed by atoms with Gasteiger partial charge in [-0.2, -0.15) is 0 Å². The number of rotatable bonds is 3. The Morgan fingerprint density at radius 1 is 1.21 bits per heavy atom. The monoisotopic (exact) mass is 342 g/mol. The highest BCUT2D eigenvalue weighted by Crippen LogP contribution is 2.30. The molecule has 0 unspecified atom stereocenters. The Bertz CT molecular complexity index is 976. The van der Waals surface area contributed by atoms with Crippen LogP contribution in [0.3, 0.4) is 0 Å². The molecule has 0 radical (unpaired) electrons. The van der Waals surface area contributed by atoms with E-state index in [1.807, 2.05) is 0 Å². The molecule has 5 nitrogen and oxygen atoms in total. The molecule has 0 spiro atoms. The van der Waals surface area contributed by atoms with Crippen LogP contribution in [0.4, 0.5) is 0 Å². The number of hydrogen-bond donors (Lipinski definition) is 2. The minimum atomic E-state index is -0.504. The van der Waals surface area contributed by atoms with Gasteiger partial charge in [0, 0.05) is 21.7 Å². The lowest BCUT2D eigenvalue weighted by Crippen LogP contribution is -2.16. The highest BCUT2D eigenvalue weighted by atomic mass is 35.5. The van der Waals surface area contributed by atoms with Crippen molar-refractivity contribution in [3.63, 3.8) is 0 Å². The predicted molar refractivity (Wildman–Crippen MR) is 92.4 cm³/mol. The Morgan fingerprint density at radius 2 is 1.96 bits per heavy atom. The fraction of sp³-hybridized carbons (Fsp3) is 0.111. The van der Waals surface area contributed by atoms with Crippen molar-refractivity contribution in [2.45, 2.75) is 13.3 Å². The van der Waals surface area contributed by atoms with Crippen LogP contribution >= 0.6 is 11.6 Å². The van der Waals surface area contributed by atoms with Gasteiger partial charge >= 0.3 is 0 Å². The van der Waals surface area contributed by atoms with Gasteiger partial charge in [0.25, 0.3) is 5.91 Å². The fourth-order valence-corrected chi connectivity index (χ4v) is 3.07. The molecule has 0 aliphatic carbocycles. The van der Waals surface area contributed by atoms with Crippen LogP contribution in [0, 0.1) is 6.92 Å². The second-order valence-corrected chi connectivity index (χ2v) is 6.00. The number of aromatic hydroxyl groups is 1. The average molecular weight is 343 g/mol. The van der Waals surface area contributed by atoms with Gasteiger partial charge in [0.2, 0.25) is 5.91 Å². The third-order valence-corrected chi connectivity index (χ3v) is 4.18. The van der Waals surface area contributed by atoms with Crippen LogP contribution in [0.25, 0.3) is 10.9 Å². The lowest BCUT2D eigenvalue weighted by molar-refractivity contribution is -0.117. The number of hydrogen-bond acceptors (Lipinski definition) is 3. The number of carbonyl (C=O) groups is 2. The molecule has 3 aromatic rings. The molecule has 24 heavy (non-hydrogen) atoms. The number of nitrogens with zero attached hydrogens (tertiary/aromatic N) is 1. The molecular formula is C18H15ClN2O3. The standard InChI is InChI=1S/C18H15ClN2O3/c1-10-14(9-17(20)23)15-8-13(22)5-6-16(15)21(10)18(24)11-3-2-4-12(19)7-11/h2-8,22H,9H2,1H3,(H2,20,23). The number of aromatic nitrogens is 1. The summed E-state index contributed by atoms with van der Waals surface area (Å²) >= 11 is 5.97. The summed E-state index contributed by atoms with van der Waals surface area (Å²) in [5.41, 5.74) is 7.60. The van der Waals surface area contributed by atoms with Crippen molar-refractivity contribution in [1.29, 1.82) is 0 Å². The summed E-state index contributed by atoms with van der Waals surface area (Å²) in [6.45, 7) is 1.75. The van der Waals surface area contributed by atoms with Crippen molar-refractivity contribution in [2.24, 2.45) is 5.73 Å². The van der Waals surface area contributed by atoms with Crippen LogP contribution in [0.5, 0.6) is 5.75 Å². The minimum absolute atomic E-state index is 0.0123. The van der Waals surface area contributed by atoms with Gasteiger partial charge < -0.3 is 10.8 Å². The SMILES string of the molecule is Cc1c(CC(N)=O)c2cc(O)ccc2n1C(=O)c1cccc(Cl)c1. The molecule has 1 heterocycles. The topological polar surface area (TPSA) is 85.3 Å². The van der Waals surface area contributed by atoms with Crippen molar-refractivity contribution in [3.8, 4) is 5.75 Å². The Hall–Kier alpha value is -2.79. The molecule has 1 amide bonds. The highest BCUT2D eigenvalue weighted by molar-refractivity contribution is 6.31. The minimum Gasteiger partial charge on any atom is -0.508 e. The van der Waals surface area contributed by atoms with E-state index in [2.05, 4.69) is 0 Å². The molecule has 0 saturated heterocycles. The van der Waals surface area contributed by atoms with Crippen molar-refractivity contribution in [1.82, 2.24) is 4.57 Å². The van der Waals surface area contributed by atoms with Crippen LogP contribution < -0.4 is 5.73 Å². The number of nitrogens with two attached hydrogens (primary N) is 1. The number of halogens is 1. The van der Waals surface area contributed by atoms with Gasteiger partial charge in [-0.3, -0.25) is 14.2 Å². The molecule has 0 bridgehead atoms. The fourth-order valence-electron chi connectivity index (χ4n) is 2.88. The first-order valence-electron chi connectivity index (χ1n) is 7.30. The third kappa shape index (κ3) is 2.74. The van der Waals surface area contributed by atoms with Gasteiger partial charge in [-0.1, -0.05) is 17.7 Å². The maximum absolute atomic E-state index is 12.9. The van der Waals surface area contributed by atoms with E-state index >= 15 is 0 Å². The third-order valence-electron chi connectivity index (χ3n) is 3.94. The van der Waals surface area contributed by atoms with Crippen molar-refractivity contribution >= 4 is 34.3 Å². The van der Waals surface area contributed by atoms with E-state index in [9.17, 15) is 14.7 Å². The van der Waals surface area contributed by atoms with Gasteiger partial charge in [-0.05, 0) is 48.9 Å². The van der Waals surface area contributed by atoms with E-state index in [-0.39, 0.29) is 18.1 Å². The Morgan fingerprint density at radius 3 is 2.62 bits per heavy atom. The molecule has 1 aromatic heterocycles. The summed E-state index contributed by atoms with van der Waals surface area (Å²) in [7, 11) is 0. The maximum atomic E-state index is 12.9. The Balaban J connectivity index is 2.26. The normalized spacial score (nSPS) is 10.9. The molecule has 2 aromatic carbocycles. The van der Waals surface area contributed by atoms with Crippen molar-refractivity contribution in [3.05, 3.63) is 64.3 Å². The summed E-state index contributed by atoms with van der Waals surface area (Å²) in [6.07, 6.45) is -0.0123. The molecule has 0 atom stereocenters. The molecule has 3 N–H and O–H groups in total. The van der Waals surface area contributed by atoms with Gasteiger partial charge in [-0.25, -0.2) is 0 Å². The smallest absolute Gasteiger partial charge is 0.262 e. The van der Waals surface area contributed by atoms with Crippen LogP contribution in [-0.2, 0) is 11.2 Å². The number of benzene rings is 2. The summed E-state index contributed by atoms with van der Waals surface area (Å²) in [6, 6.07) is 11.3. The second kappa shape index (κ2) is 6.02. The van der Waals surface area contributed by atoms with E-state index in [0.717, 1.165) is 0 Å². The number of fused-ring (bicyclic) bond motifs is 1. The largest absolute Gasteiger partial charge is 0.508 e. The van der Waals surface area contributed by atoms with Crippen LogP contribution in [0.2, 0.25) is 5.02 Å². The van der Waals surface area contributed by atoms with E-state index < -0.39 is 5.91 Å². The highest BCUT2D eigenvalue weighted by Gasteiger charge is 2.21. The zero-order chi connectivity index (χ0) is 17.4. The van der Waals surface area contributed by atoms with Gasteiger partial charge in [0.1, 0.15) is 5.75 Å². The first-order valence-corrected chi connectivity index (χ1v) is 7.67. The first kappa shape index (κ1) is 16.1. The first-order chi connectivity index (χ1) is 11.4. The Labute approximate surface area is 143 Å². The van der Waals surface area contributed by atoms with E-state index in [4.69, 9.17) is 17.3 Å². The van der Waals surface area contributed by atoms with E-state index in [1.54, 1.807) is 37.3 Å². The number of primary amides is 1. The molecule has 122 valence electrons. The molecular weight excluding hydrogens is 328 g/mol. The number of phenolic OH excluding ortho intramolecular Hbond substituents is 1. The molecule has 0 aliphatic heterocycles. The Kier molecular flexibility index (Phi) is 4.03. The number of carbonyl (C=O) groups excluding carboxylic acids is 2. The van der Waals surface area contributed by atoms with Crippen molar-refractivity contribution in [2.75, 3.05) is 0 Å². The number of amides is 1. The zero-order valence-corrected chi connectivity index (χ0v) is 13.7. The van der Waals surface area contributed by atoms with E-state index in [1.165, 1.54) is 16.7 Å². The second-order valence-electron chi connectivity index (χ2n) is 5.56. The zero-order valence-electron chi connectivity index (χ0n) is 12.9. The number of phenols is 1. The quantitative estimate of drug-likeness (QED) is 0.767. The van der Waals surface area contributed by atoms with Crippen molar-refractivity contribution < 1.29 is 14.7 Å². The lowest BCUT2D eigenvalue weighted by atomic mass is 10.1. The van der Waals surface area contributed by atoms with Crippen LogP contribution in [-0.4, -0.2) is 21.5 Å². The van der Waals surface area contributed by atoms with Crippen LogP contribution in [0.1, 0.15) is 21.6 Å². The maximum Gasteiger partial charge on any atom is 0.262 e. The molecule has 3 rings (SSSR count). The molecule has 0 aliphatic rings. The summed E-state index contributed by atoms with van der Waals surface area (Å²) in [4.78, 5) is 24.3. The molecule has 6 heteroatoms. The molecule has 0 saturated carbocycles. The van der Waals surface area contributed by atoms with Gasteiger partial charge in [0.05, 0.1) is 11.9 Å². The summed E-state index contributed by atoms with van der Waals surface area (Å²) in [5.74, 6) is -0.710.